The number of amides is 1. The molecule has 0 atom stereocenters. The zero-order chi connectivity index (χ0) is 13.1. The number of Topliss-reactive ketones (excluding diaryl/α,β-unsaturated/α-hetero) is 1. The Kier molecular flexibility index (Phi) is 3.28. The Labute approximate surface area is 105 Å². The molecule has 92 valence electrons. The number of rotatable bonds is 3. The summed E-state index contributed by atoms with van der Waals surface area (Å²) >= 11 is 0. The molecule has 0 aliphatic carbocycles. The van der Waals surface area contributed by atoms with Gasteiger partial charge < -0.3 is 9.73 Å². The van der Waals surface area contributed by atoms with Gasteiger partial charge in [0.1, 0.15) is 0 Å². The predicted molar refractivity (Wildman–Crippen MR) is 67.8 cm³/mol. The maximum atomic E-state index is 11.8. The second-order valence-electron chi connectivity index (χ2n) is 4.02. The minimum absolute atomic E-state index is 0.0384. The van der Waals surface area contributed by atoms with E-state index in [4.69, 9.17) is 4.42 Å². The quantitative estimate of drug-likeness (QED) is 0.843. The fourth-order valence-electron chi connectivity index (χ4n) is 1.57. The maximum absolute atomic E-state index is 11.8. The molecule has 0 saturated heterocycles. The summed E-state index contributed by atoms with van der Waals surface area (Å²) in [7, 11) is 0. The first-order valence-corrected chi connectivity index (χ1v) is 5.54. The number of carbonyl (C=O) groups excluding carboxylic acids is 2. The molecule has 1 aromatic carbocycles. The van der Waals surface area contributed by atoms with Gasteiger partial charge in [0.25, 0.3) is 5.91 Å². The molecular formula is C14H13NO3. The van der Waals surface area contributed by atoms with Gasteiger partial charge in [-0.2, -0.15) is 0 Å². The average Bonchev–Trinajstić information content (AvgIpc) is 2.85. The summed E-state index contributed by atoms with van der Waals surface area (Å²) in [5.41, 5.74) is 2.07. The van der Waals surface area contributed by atoms with E-state index in [0.29, 0.717) is 11.3 Å². The highest BCUT2D eigenvalue weighted by atomic mass is 16.3. The summed E-state index contributed by atoms with van der Waals surface area (Å²) in [6.45, 7) is 3.35. The van der Waals surface area contributed by atoms with Crippen LogP contribution in [-0.4, -0.2) is 11.7 Å². The smallest absolute Gasteiger partial charge is 0.291 e. The van der Waals surface area contributed by atoms with Gasteiger partial charge in [-0.15, -0.1) is 0 Å². The molecule has 0 unspecified atom stereocenters. The maximum Gasteiger partial charge on any atom is 0.291 e. The third-order valence-electron chi connectivity index (χ3n) is 2.64. The molecule has 18 heavy (non-hydrogen) atoms. The lowest BCUT2D eigenvalue weighted by molar-refractivity contribution is 0.0992. The molecule has 0 spiro atoms. The number of hydrogen-bond acceptors (Lipinski definition) is 3. The zero-order valence-corrected chi connectivity index (χ0v) is 10.2. The van der Waals surface area contributed by atoms with Crippen LogP contribution in [-0.2, 0) is 0 Å². The Morgan fingerprint density at radius 2 is 2.00 bits per heavy atom. The van der Waals surface area contributed by atoms with Crippen molar-refractivity contribution in [3.05, 3.63) is 53.5 Å². The summed E-state index contributed by atoms with van der Waals surface area (Å²) in [4.78, 5) is 23.1. The third-order valence-corrected chi connectivity index (χ3v) is 2.64. The topological polar surface area (TPSA) is 59.3 Å². The number of anilines is 1. The van der Waals surface area contributed by atoms with Gasteiger partial charge >= 0.3 is 0 Å². The van der Waals surface area contributed by atoms with Crippen LogP contribution >= 0.6 is 0 Å². The molecule has 0 fully saturated rings. The highest BCUT2D eigenvalue weighted by Crippen LogP contribution is 2.18. The Hall–Kier alpha value is -2.36. The van der Waals surface area contributed by atoms with Crippen molar-refractivity contribution in [2.75, 3.05) is 5.32 Å². The first kappa shape index (κ1) is 12.1. The van der Waals surface area contributed by atoms with E-state index in [9.17, 15) is 9.59 Å². The Bertz CT molecular complexity index is 585. The first-order valence-electron chi connectivity index (χ1n) is 5.54. The molecule has 0 aliphatic rings. The van der Waals surface area contributed by atoms with Crippen LogP contribution in [0.2, 0.25) is 0 Å². The summed E-state index contributed by atoms with van der Waals surface area (Å²) in [6.07, 6.45) is 1.44. The lowest BCUT2D eigenvalue weighted by Gasteiger charge is -2.08. The largest absolute Gasteiger partial charge is 0.459 e. The van der Waals surface area contributed by atoms with Crippen LogP contribution < -0.4 is 5.32 Å². The van der Waals surface area contributed by atoms with Gasteiger partial charge in [0.15, 0.2) is 11.5 Å². The van der Waals surface area contributed by atoms with Gasteiger partial charge in [0.2, 0.25) is 0 Å². The van der Waals surface area contributed by atoms with E-state index in [2.05, 4.69) is 5.32 Å². The molecule has 0 aliphatic heterocycles. The second kappa shape index (κ2) is 4.87. The van der Waals surface area contributed by atoms with Gasteiger partial charge in [0.05, 0.1) is 6.26 Å². The van der Waals surface area contributed by atoms with Crippen LogP contribution in [0.3, 0.4) is 0 Å². The van der Waals surface area contributed by atoms with Crippen LogP contribution in [0.1, 0.15) is 33.4 Å². The van der Waals surface area contributed by atoms with Gasteiger partial charge in [-0.05, 0) is 37.6 Å². The molecule has 1 amide bonds. The van der Waals surface area contributed by atoms with Gasteiger partial charge in [-0.1, -0.05) is 12.1 Å². The molecule has 0 saturated carbocycles. The van der Waals surface area contributed by atoms with E-state index in [1.54, 1.807) is 30.3 Å². The first-order chi connectivity index (χ1) is 8.58. The van der Waals surface area contributed by atoms with Crippen molar-refractivity contribution < 1.29 is 14.0 Å². The van der Waals surface area contributed by atoms with Gasteiger partial charge in [0, 0.05) is 11.3 Å². The monoisotopic (exact) mass is 243 g/mol. The standard InChI is InChI=1S/C14H13NO3/c1-9-5-6-11(10(2)16)8-12(9)15-14(17)13-4-3-7-18-13/h3-8H,1-2H3,(H,15,17). The fraction of sp³-hybridized carbons (Fsp3) is 0.143. The van der Waals surface area contributed by atoms with Gasteiger partial charge in [-0.25, -0.2) is 0 Å². The predicted octanol–water partition coefficient (Wildman–Crippen LogP) is 3.04. The highest BCUT2D eigenvalue weighted by Gasteiger charge is 2.11. The number of furan rings is 1. The summed E-state index contributed by atoms with van der Waals surface area (Å²) < 4.78 is 5.01. The van der Waals surface area contributed by atoms with Crippen molar-refractivity contribution >= 4 is 17.4 Å². The van der Waals surface area contributed by atoms with Crippen molar-refractivity contribution in [2.45, 2.75) is 13.8 Å². The highest BCUT2D eigenvalue weighted by molar-refractivity contribution is 6.03. The van der Waals surface area contributed by atoms with E-state index < -0.39 is 0 Å². The number of benzene rings is 1. The average molecular weight is 243 g/mol. The van der Waals surface area contributed by atoms with Crippen LogP contribution in [0.25, 0.3) is 0 Å². The molecule has 2 aromatic rings. The Morgan fingerprint density at radius 3 is 2.61 bits per heavy atom. The number of hydrogen-bond donors (Lipinski definition) is 1. The van der Waals surface area contributed by atoms with Crippen molar-refractivity contribution in [2.24, 2.45) is 0 Å². The minimum Gasteiger partial charge on any atom is -0.459 e. The Morgan fingerprint density at radius 1 is 1.22 bits per heavy atom. The SMILES string of the molecule is CC(=O)c1ccc(C)c(NC(=O)c2ccco2)c1. The van der Waals surface area contributed by atoms with Crippen LogP contribution in [0.5, 0.6) is 0 Å². The van der Waals surface area contributed by atoms with Gasteiger partial charge in [-0.3, -0.25) is 9.59 Å². The summed E-state index contributed by atoms with van der Waals surface area (Å²) in [6, 6.07) is 8.43. The van der Waals surface area contributed by atoms with E-state index >= 15 is 0 Å². The molecule has 2 rings (SSSR count). The fourth-order valence-corrected chi connectivity index (χ4v) is 1.57. The van der Waals surface area contributed by atoms with E-state index in [0.717, 1.165) is 5.56 Å². The number of aryl methyl sites for hydroxylation is 1. The summed E-state index contributed by atoms with van der Waals surface area (Å²) in [5, 5.41) is 2.72. The third kappa shape index (κ3) is 2.48. The van der Waals surface area contributed by atoms with Crippen molar-refractivity contribution in [1.29, 1.82) is 0 Å². The number of carbonyl (C=O) groups is 2. The minimum atomic E-state index is -0.330. The molecule has 1 heterocycles. The molecule has 4 heteroatoms. The molecule has 1 aromatic heterocycles. The molecule has 1 N–H and O–H groups in total. The number of ketones is 1. The zero-order valence-electron chi connectivity index (χ0n) is 10.2. The van der Waals surface area contributed by atoms with Crippen LogP contribution in [0, 0.1) is 6.92 Å². The number of nitrogens with one attached hydrogen (secondary N) is 1. The normalized spacial score (nSPS) is 10.1. The lowest BCUT2D eigenvalue weighted by Crippen LogP contribution is -2.12. The van der Waals surface area contributed by atoms with E-state index in [1.165, 1.54) is 13.2 Å². The van der Waals surface area contributed by atoms with E-state index in [-0.39, 0.29) is 17.5 Å². The molecular weight excluding hydrogens is 230 g/mol. The molecule has 0 bridgehead atoms. The van der Waals surface area contributed by atoms with Crippen molar-refractivity contribution in [3.63, 3.8) is 0 Å². The molecule has 0 radical (unpaired) electrons. The van der Waals surface area contributed by atoms with Crippen molar-refractivity contribution in [3.8, 4) is 0 Å². The second-order valence-corrected chi connectivity index (χ2v) is 4.02. The van der Waals surface area contributed by atoms with Crippen molar-refractivity contribution in [1.82, 2.24) is 0 Å². The summed E-state index contributed by atoms with van der Waals surface area (Å²) in [5.74, 6) is -0.130. The van der Waals surface area contributed by atoms with E-state index in [1.807, 2.05) is 6.92 Å². The van der Waals surface area contributed by atoms with Crippen LogP contribution in [0.15, 0.2) is 41.0 Å². The Balaban J connectivity index is 2.26. The molecule has 4 nitrogen and oxygen atoms in total. The lowest BCUT2D eigenvalue weighted by atomic mass is 10.1. The van der Waals surface area contributed by atoms with Crippen LogP contribution in [0.4, 0.5) is 5.69 Å².